The molecule has 0 saturated heterocycles. The van der Waals surface area contributed by atoms with E-state index in [9.17, 15) is 0 Å². The topological polar surface area (TPSA) is 0 Å². The maximum Gasteiger partial charge on any atom is -0.0388 e. The van der Waals surface area contributed by atoms with Crippen molar-refractivity contribution in [3.05, 3.63) is 0 Å². The summed E-state index contributed by atoms with van der Waals surface area (Å²) in [4.78, 5) is 0. The fourth-order valence-electron chi connectivity index (χ4n) is 2.87. The highest BCUT2D eigenvalue weighted by atomic mass is 14.3. The predicted octanol–water partition coefficient (Wildman–Crippen LogP) is 5.42. The van der Waals surface area contributed by atoms with Crippen LogP contribution in [0.15, 0.2) is 0 Å². The van der Waals surface area contributed by atoms with E-state index in [1.807, 2.05) is 0 Å². The van der Waals surface area contributed by atoms with Gasteiger partial charge in [-0.1, -0.05) is 72.1 Å². The highest BCUT2D eigenvalue weighted by molar-refractivity contribution is 4.76. The Hall–Kier alpha value is 0. The van der Waals surface area contributed by atoms with Gasteiger partial charge in [0.15, 0.2) is 0 Å². The number of rotatable bonds is 8. The molecule has 0 radical (unpaired) electrons. The van der Waals surface area contributed by atoms with Gasteiger partial charge in [0.2, 0.25) is 0 Å². The molecule has 1 aliphatic carbocycles. The number of hydrogen-bond donors (Lipinski definition) is 0. The van der Waals surface area contributed by atoms with Gasteiger partial charge in [0, 0.05) is 0 Å². The molecule has 15 heavy (non-hydrogen) atoms. The third kappa shape index (κ3) is 5.04. The van der Waals surface area contributed by atoms with Crippen LogP contribution in [0.5, 0.6) is 0 Å². The van der Waals surface area contributed by atoms with E-state index in [0.717, 1.165) is 17.8 Å². The lowest BCUT2D eigenvalue weighted by Crippen LogP contribution is -2.21. The van der Waals surface area contributed by atoms with E-state index in [0.29, 0.717) is 0 Å². The molecule has 0 aromatic rings. The highest BCUT2D eigenvalue weighted by Crippen LogP contribution is 2.36. The molecular weight excluding hydrogens is 180 g/mol. The summed E-state index contributed by atoms with van der Waals surface area (Å²) in [6.07, 6.45) is 13.2. The monoisotopic (exact) mass is 210 g/mol. The number of unbranched alkanes of at least 4 members (excludes halogenated alkanes) is 3. The molecule has 0 heterocycles. The first-order valence-electron chi connectivity index (χ1n) is 7.24. The maximum atomic E-state index is 2.48. The highest BCUT2D eigenvalue weighted by Gasteiger charge is 2.24. The second kappa shape index (κ2) is 7.30. The molecule has 0 bridgehead atoms. The molecule has 0 nitrogen and oxygen atoms in total. The lowest BCUT2D eigenvalue weighted by Gasteiger charge is -2.33. The maximum absolute atomic E-state index is 2.48. The largest absolute Gasteiger partial charge is 0.0654 e. The zero-order valence-electron chi connectivity index (χ0n) is 11.1. The summed E-state index contributed by atoms with van der Waals surface area (Å²) < 4.78 is 0. The average Bonchev–Trinajstić information content (AvgIpc) is 2.09. The van der Waals surface area contributed by atoms with Crippen molar-refractivity contribution in [1.82, 2.24) is 0 Å². The Morgan fingerprint density at radius 3 is 2.33 bits per heavy atom. The Bertz CT molecular complexity index is 146. The van der Waals surface area contributed by atoms with Crippen molar-refractivity contribution < 1.29 is 0 Å². The molecule has 1 fully saturated rings. The van der Waals surface area contributed by atoms with Crippen LogP contribution in [0.2, 0.25) is 0 Å². The van der Waals surface area contributed by atoms with E-state index in [1.54, 1.807) is 0 Å². The Morgan fingerprint density at radius 1 is 1.07 bits per heavy atom. The van der Waals surface area contributed by atoms with Gasteiger partial charge >= 0.3 is 0 Å². The summed E-state index contributed by atoms with van der Waals surface area (Å²) in [5.74, 6) is 3.06. The summed E-state index contributed by atoms with van der Waals surface area (Å²) in [6, 6.07) is 0. The van der Waals surface area contributed by atoms with Gasteiger partial charge in [-0.3, -0.25) is 0 Å². The minimum atomic E-state index is 0.970. The van der Waals surface area contributed by atoms with Crippen LogP contribution < -0.4 is 0 Å². The molecule has 0 amide bonds. The predicted molar refractivity (Wildman–Crippen MR) is 69.0 cm³/mol. The van der Waals surface area contributed by atoms with E-state index in [1.165, 1.54) is 57.8 Å². The minimum Gasteiger partial charge on any atom is -0.0654 e. The summed E-state index contributed by atoms with van der Waals surface area (Å²) in [6.45, 7) is 7.23. The molecule has 0 heteroatoms. The Balaban J connectivity index is 1.98. The summed E-state index contributed by atoms with van der Waals surface area (Å²) in [5.41, 5.74) is 0. The molecular formula is C15H30. The molecule has 0 spiro atoms. The smallest absolute Gasteiger partial charge is 0.0388 e. The molecule has 0 aromatic heterocycles. The van der Waals surface area contributed by atoms with Crippen LogP contribution in [0.3, 0.4) is 0 Å². The van der Waals surface area contributed by atoms with Crippen molar-refractivity contribution in [2.24, 2.45) is 17.8 Å². The van der Waals surface area contributed by atoms with Crippen LogP contribution in [-0.4, -0.2) is 0 Å². The van der Waals surface area contributed by atoms with Crippen LogP contribution in [0, 0.1) is 17.8 Å². The average molecular weight is 210 g/mol. The SMILES string of the molecule is CCCCCCC(C)CC(C)C1CCC1. The second-order valence-corrected chi connectivity index (χ2v) is 5.86. The van der Waals surface area contributed by atoms with Crippen molar-refractivity contribution in [2.75, 3.05) is 0 Å². The van der Waals surface area contributed by atoms with Gasteiger partial charge in [-0.25, -0.2) is 0 Å². The first kappa shape index (κ1) is 13.1. The summed E-state index contributed by atoms with van der Waals surface area (Å²) >= 11 is 0. The van der Waals surface area contributed by atoms with Gasteiger partial charge < -0.3 is 0 Å². The van der Waals surface area contributed by atoms with Crippen LogP contribution in [0.4, 0.5) is 0 Å². The van der Waals surface area contributed by atoms with E-state index >= 15 is 0 Å². The fourth-order valence-corrected chi connectivity index (χ4v) is 2.87. The molecule has 1 saturated carbocycles. The van der Waals surface area contributed by atoms with E-state index in [2.05, 4.69) is 20.8 Å². The normalized spacial score (nSPS) is 21.0. The lowest BCUT2D eigenvalue weighted by molar-refractivity contribution is 0.189. The van der Waals surface area contributed by atoms with Crippen molar-refractivity contribution in [3.63, 3.8) is 0 Å². The van der Waals surface area contributed by atoms with Crippen molar-refractivity contribution in [1.29, 1.82) is 0 Å². The first-order valence-corrected chi connectivity index (χ1v) is 7.24. The summed E-state index contributed by atoms with van der Waals surface area (Å²) in [7, 11) is 0. The van der Waals surface area contributed by atoms with E-state index in [-0.39, 0.29) is 0 Å². The van der Waals surface area contributed by atoms with Crippen molar-refractivity contribution >= 4 is 0 Å². The van der Waals surface area contributed by atoms with Gasteiger partial charge in [0.1, 0.15) is 0 Å². The molecule has 1 aliphatic rings. The van der Waals surface area contributed by atoms with Gasteiger partial charge in [-0.05, 0) is 24.2 Å². The van der Waals surface area contributed by atoms with Gasteiger partial charge in [-0.2, -0.15) is 0 Å². The molecule has 2 atom stereocenters. The third-order valence-electron chi connectivity index (χ3n) is 4.28. The molecule has 2 unspecified atom stereocenters. The zero-order chi connectivity index (χ0) is 11.1. The van der Waals surface area contributed by atoms with Crippen LogP contribution >= 0.6 is 0 Å². The summed E-state index contributed by atoms with van der Waals surface area (Å²) in [5, 5.41) is 0. The first-order chi connectivity index (χ1) is 7.24. The van der Waals surface area contributed by atoms with Gasteiger partial charge in [0.05, 0.1) is 0 Å². The van der Waals surface area contributed by atoms with Crippen LogP contribution in [-0.2, 0) is 0 Å². The van der Waals surface area contributed by atoms with E-state index < -0.39 is 0 Å². The Kier molecular flexibility index (Phi) is 6.36. The van der Waals surface area contributed by atoms with Gasteiger partial charge in [-0.15, -0.1) is 0 Å². The molecule has 0 N–H and O–H groups in total. The van der Waals surface area contributed by atoms with Crippen LogP contribution in [0.1, 0.15) is 78.6 Å². The lowest BCUT2D eigenvalue weighted by atomic mass is 9.73. The Labute approximate surface area is 96.8 Å². The fraction of sp³-hybridized carbons (Fsp3) is 1.00. The molecule has 1 rings (SSSR count). The molecule has 0 aliphatic heterocycles. The molecule has 0 aromatic carbocycles. The van der Waals surface area contributed by atoms with Crippen molar-refractivity contribution in [2.45, 2.75) is 78.6 Å². The Morgan fingerprint density at radius 2 is 1.80 bits per heavy atom. The molecule has 90 valence electrons. The van der Waals surface area contributed by atoms with Gasteiger partial charge in [0.25, 0.3) is 0 Å². The third-order valence-corrected chi connectivity index (χ3v) is 4.28. The standard InChI is InChI=1S/C15H30/c1-4-5-6-7-9-13(2)12-14(3)15-10-8-11-15/h13-15H,4-12H2,1-3H3. The van der Waals surface area contributed by atoms with Crippen molar-refractivity contribution in [3.8, 4) is 0 Å². The quantitative estimate of drug-likeness (QED) is 0.469. The number of hydrogen-bond acceptors (Lipinski definition) is 0. The van der Waals surface area contributed by atoms with E-state index in [4.69, 9.17) is 0 Å². The second-order valence-electron chi connectivity index (χ2n) is 5.86. The minimum absolute atomic E-state index is 0.970. The zero-order valence-corrected chi connectivity index (χ0v) is 11.1. The van der Waals surface area contributed by atoms with Crippen LogP contribution in [0.25, 0.3) is 0 Å².